The summed E-state index contributed by atoms with van der Waals surface area (Å²) in [5.74, 6) is 0. The molecule has 0 aromatic heterocycles. The molecular formula is C5H8FNO2. The van der Waals surface area contributed by atoms with Crippen LogP contribution in [0.3, 0.4) is 0 Å². The minimum Gasteiger partial charge on any atom is -0.465 e. The van der Waals surface area contributed by atoms with Crippen LogP contribution in [0.1, 0.15) is 6.92 Å². The fourth-order valence-corrected chi connectivity index (χ4v) is 0.885. The number of carboxylic acid groups (broad SMARTS) is 1. The third-order valence-corrected chi connectivity index (χ3v) is 1.31. The van der Waals surface area contributed by atoms with Crippen molar-refractivity contribution in [3.63, 3.8) is 0 Å². The van der Waals surface area contributed by atoms with Gasteiger partial charge >= 0.3 is 6.09 Å². The number of nitrogens with zero attached hydrogens (tertiary/aromatic N) is 1. The number of hydrogen-bond acceptors (Lipinski definition) is 1. The van der Waals surface area contributed by atoms with Gasteiger partial charge in [-0.1, -0.05) is 0 Å². The monoisotopic (exact) mass is 133 g/mol. The minimum atomic E-state index is -1.28. The van der Waals surface area contributed by atoms with Crippen molar-refractivity contribution in [3.8, 4) is 0 Å². The summed E-state index contributed by atoms with van der Waals surface area (Å²) in [6, 6.07) is 0. The minimum absolute atomic E-state index is 0.0162. The van der Waals surface area contributed by atoms with Gasteiger partial charge in [-0.05, 0) is 6.92 Å². The number of amides is 1. The van der Waals surface area contributed by atoms with Crippen LogP contribution < -0.4 is 0 Å². The largest absolute Gasteiger partial charge is 0.465 e. The highest BCUT2D eigenvalue weighted by Gasteiger charge is 2.41. The highest BCUT2D eigenvalue weighted by molar-refractivity contribution is 5.66. The summed E-state index contributed by atoms with van der Waals surface area (Å²) >= 11 is 0. The van der Waals surface area contributed by atoms with Crippen LogP contribution in [-0.4, -0.2) is 34.9 Å². The second kappa shape index (κ2) is 1.59. The normalized spacial score (nSPS) is 23.1. The van der Waals surface area contributed by atoms with E-state index in [9.17, 15) is 9.18 Å². The van der Waals surface area contributed by atoms with Gasteiger partial charge in [-0.15, -0.1) is 0 Å². The van der Waals surface area contributed by atoms with Crippen LogP contribution in [0, 0.1) is 0 Å². The Morgan fingerprint density at radius 2 is 2.22 bits per heavy atom. The zero-order valence-electron chi connectivity index (χ0n) is 5.09. The van der Waals surface area contributed by atoms with Crippen molar-refractivity contribution < 1.29 is 14.3 Å². The van der Waals surface area contributed by atoms with Gasteiger partial charge in [-0.2, -0.15) is 0 Å². The smallest absolute Gasteiger partial charge is 0.407 e. The van der Waals surface area contributed by atoms with E-state index in [-0.39, 0.29) is 13.1 Å². The van der Waals surface area contributed by atoms with Crippen LogP contribution in [0.2, 0.25) is 0 Å². The standard InChI is InChI=1S/C5H8FNO2/c1-5(6)2-7(3-5)4(8)9/h2-3H2,1H3,(H,8,9). The van der Waals surface area contributed by atoms with E-state index in [1.807, 2.05) is 0 Å². The van der Waals surface area contributed by atoms with Crippen LogP contribution in [0.5, 0.6) is 0 Å². The van der Waals surface area contributed by atoms with Gasteiger partial charge in [0.05, 0.1) is 13.1 Å². The lowest BCUT2D eigenvalue weighted by Crippen LogP contribution is -2.58. The molecule has 0 bridgehead atoms. The van der Waals surface area contributed by atoms with Crippen LogP contribution in [-0.2, 0) is 0 Å². The Bertz CT molecular complexity index is 138. The van der Waals surface area contributed by atoms with Crippen LogP contribution >= 0.6 is 0 Å². The number of rotatable bonds is 0. The second-order valence-electron chi connectivity index (χ2n) is 2.55. The zero-order valence-corrected chi connectivity index (χ0v) is 5.09. The van der Waals surface area contributed by atoms with Crippen LogP contribution in [0.25, 0.3) is 0 Å². The fraction of sp³-hybridized carbons (Fsp3) is 0.800. The molecule has 9 heavy (non-hydrogen) atoms. The van der Waals surface area contributed by atoms with Crippen molar-refractivity contribution >= 4 is 6.09 Å². The van der Waals surface area contributed by atoms with E-state index < -0.39 is 11.8 Å². The van der Waals surface area contributed by atoms with E-state index in [4.69, 9.17) is 5.11 Å². The maximum atomic E-state index is 12.5. The highest BCUT2D eigenvalue weighted by atomic mass is 19.1. The van der Waals surface area contributed by atoms with E-state index in [1.54, 1.807) is 0 Å². The summed E-state index contributed by atoms with van der Waals surface area (Å²) in [6.07, 6.45) is -1.04. The Hall–Kier alpha value is -0.800. The molecular weight excluding hydrogens is 125 g/mol. The predicted molar refractivity (Wildman–Crippen MR) is 29.1 cm³/mol. The molecule has 0 atom stereocenters. The lowest BCUT2D eigenvalue weighted by atomic mass is 10.0. The molecule has 1 aliphatic rings. The first-order valence-corrected chi connectivity index (χ1v) is 2.68. The maximum Gasteiger partial charge on any atom is 0.407 e. The maximum absolute atomic E-state index is 12.5. The van der Waals surface area contributed by atoms with Gasteiger partial charge in [0.15, 0.2) is 0 Å². The molecule has 3 nitrogen and oxygen atoms in total. The van der Waals surface area contributed by atoms with Crippen molar-refractivity contribution in [2.75, 3.05) is 13.1 Å². The molecule has 0 saturated carbocycles. The molecule has 1 saturated heterocycles. The van der Waals surface area contributed by atoms with Gasteiger partial charge in [0, 0.05) is 0 Å². The summed E-state index contributed by atoms with van der Waals surface area (Å²) in [7, 11) is 0. The number of hydrogen-bond donors (Lipinski definition) is 1. The molecule has 0 aliphatic carbocycles. The number of likely N-dealkylation sites (tertiary alicyclic amines) is 1. The number of alkyl halides is 1. The molecule has 1 fully saturated rings. The number of carbonyl (C=O) groups is 1. The summed E-state index contributed by atoms with van der Waals surface area (Å²) < 4.78 is 12.5. The third-order valence-electron chi connectivity index (χ3n) is 1.31. The van der Waals surface area contributed by atoms with Gasteiger partial charge in [0.25, 0.3) is 0 Å². The molecule has 0 spiro atoms. The molecule has 1 N–H and O–H groups in total. The molecule has 0 unspecified atom stereocenters. The summed E-state index contributed by atoms with van der Waals surface area (Å²) in [5, 5.41) is 8.22. The van der Waals surface area contributed by atoms with Gasteiger partial charge in [-0.25, -0.2) is 9.18 Å². The molecule has 0 aromatic carbocycles. The van der Waals surface area contributed by atoms with E-state index in [1.165, 1.54) is 6.92 Å². The molecule has 0 aromatic rings. The lowest BCUT2D eigenvalue weighted by Gasteiger charge is -2.39. The van der Waals surface area contributed by atoms with Crippen molar-refractivity contribution in [3.05, 3.63) is 0 Å². The molecule has 4 heteroatoms. The third kappa shape index (κ3) is 1.12. The first-order chi connectivity index (χ1) is 4.01. The van der Waals surface area contributed by atoms with Crippen molar-refractivity contribution in [1.82, 2.24) is 4.90 Å². The quantitative estimate of drug-likeness (QED) is 0.528. The molecule has 52 valence electrons. The molecule has 1 aliphatic heterocycles. The zero-order chi connectivity index (χ0) is 7.07. The Kier molecular flexibility index (Phi) is 1.12. The highest BCUT2D eigenvalue weighted by Crippen LogP contribution is 2.23. The Labute approximate surface area is 52.1 Å². The molecule has 1 rings (SSSR count). The first kappa shape index (κ1) is 6.32. The second-order valence-corrected chi connectivity index (χ2v) is 2.55. The van der Waals surface area contributed by atoms with Gasteiger partial charge in [0.2, 0.25) is 0 Å². The van der Waals surface area contributed by atoms with Gasteiger partial charge < -0.3 is 10.0 Å². The van der Waals surface area contributed by atoms with Crippen molar-refractivity contribution in [1.29, 1.82) is 0 Å². The van der Waals surface area contributed by atoms with Crippen molar-refractivity contribution in [2.24, 2.45) is 0 Å². The molecule has 1 heterocycles. The predicted octanol–water partition coefficient (Wildman–Crippen LogP) is 0.708. The lowest BCUT2D eigenvalue weighted by molar-refractivity contribution is -0.00642. The Balaban J connectivity index is 2.35. The average Bonchev–Trinajstić information content (AvgIpc) is 1.59. The Morgan fingerprint density at radius 3 is 2.33 bits per heavy atom. The SMILES string of the molecule is CC1(F)CN(C(=O)O)C1. The average molecular weight is 133 g/mol. The van der Waals surface area contributed by atoms with Crippen LogP contribution in [0.15, 0.2) is 0 Å². The van der Waals surface area contributed by atoms with Gasteiger partial charge in [0.1, 0.15) is 5.67 Å². The van der Waals surface area contributed by atoms with E-state index in [0.717, 1.165) is 4.90 Å². The summed E-state index contributed by atoms with van der Waals surface area (Å²) in [5.41, 5.74) is -1.28. The summed E-state index contributed by atoms with van der Waals surface area (Å²) in [6.45, 7) is 1.43. The van der Waals surface area contributed by atoms with E-state index in [2.05, 4.69) is 0 Å². The van der Waals surface area contributed by atoms with E-state index >= 15 is 0 Å². The molecule has 1 amide bonds. The summed E-state index contributed by atoms with van der Waals surface area (Å²) in [4.78, 5) is 11.1. The molecule has 0 radical (unpaired) electrons. The van der Waals surface area contributed by atoms with Gasteiger partial charge in [-0.3, -0.25) is 0 Å². The van der Waals surface area contributed by atoms with Crippen molar-refractivity contribution in [2.45, 2.75) is 12.6 Å². The fourth-order valence-electron chi connectivity index (χ4n) is 0.885. The van der Waals surface area contributed by atoms with Crippen LogP contribution in [0.4, 0.5) is 9.18 Å². The topological polar surface area (TPSA) is 40.5 Å². The Morgan fingerprint density at radius 1 is 1.78 bits per heavy atom. The van der Waals surface area contributed by atoms with E-state index in [0.29, 0.717) is 0 Å². The number of halogens is 1. The first-order valence-electron chi connectivity index (χ1n) is 2.68.